The highest BCUT2D eigenvalue weighted by atomic mass is 79.9. The van der Waals surface area contributed by atoms with E-state index >= 15 is 0 Å². The number of anilines is 1. The summed E-state index contributed by atoms with van der Waals surface area (Å²) in [4.78, 5) is 0. The van der Waals surface area contributed by atoms with Gasteiger partial charge >= 0.3 is 0 Å². The number of rotatable bonds is 2. The van der Waals surface area contributed by atoms with E-state index in [9.17, 15) is 4.39 Å². The first-order chi connectivity index (χ1) is 9.65. The molecule has 3 aromatic rings. The molecule has 0 saturated carbocycles. The van der Waals surface area contributed by atoms with Crippen LogP contribution < -0.4 is 5.73 Å². The van der Waals surface area contributed by atoms with Gasteiger partial charge in [-0.25, -0.2) is 4.39 Å². The summed E-state index contributed by atoms with van der Waals surface area (Å²) in [5.41, 5.74) is 7.25. The van der Waals surface area contributed by atoms with Crippen LogP contribution in [0.1, 0.15) is 0 Å². The van der Waals surface area contributed by atoms with Crippen LogP contribution in [0.15, 0.2) is 46.9 Å². The van der Waals surface area contributed by atoms with E-state index in [0.29, 0.717) is 17.1 Å². The van der Waals surface area contributed by atoms with Gasteiger partial charge in [0, 0.05) is 15.7 Å². The van der Waals surface area contributed by atoms with Gasteiger partial charge in [-0.05, 0) is 56.7 Å². The van der Waals surface area contributed by atoms with Crippen molar-refractivity contribution in [1.29, 1.82) is 0 Å². The highest BCUT2D eigenvalue weighted by molar-refractivity contribution is 9.10. The molecule has 0 aliphatic rings. The fraction of sp³-hybridized carbons (Fsp3) is 0. The molecule has 7 heteroatoms. The van der Waals surface area contributed by atoms with E-state index in [1.807, 2.05) is 24.3 Å². The van der Waals surface area contributed by atoms with Crippen molar-refractivity contribution in [2.24, 2.45) is 0 Å². The average Bonchev–Trinajstić information content (AvgIpc) is 2.87. The number of hydrogen-bond acceptors (Lipinski definition) is 4. The van der Waals surface area contributed by atoms with E-state index in [1.54, 1.807) is 6.07 Å². The molecular weight excluding hydrogens is 325 g/mol. The van der Waals surface area contributed by atoms with Crippen LogP contribution in [-0.4, -0.2) is 20.2 Å². The van der Waals surface area contributed by atoms with Crippen molar-refractivity contribution in [3.8, 4) is 17.1 Å². The smallest absolute Gasteiger partial charge is 0.187 e. The minimum atomic E-state index is -0.429. The lowest BCUT2D eigenvalue weighted by molar-refractivity contribution is 0.628. The molecule has 100 valence electrons. The Morgan fingerprint density at radius 3 is 2.70 bits per heavy atom. The molecule has 1 heterocycles. The fourth-order valence-electron chi connectivity index (χ4n) is 1.89. The summed E-state index contributed by atoms with van der Waals surface area (Å²) in [7, 11) is 0. The summed E-state index contributed by atoms with van der Waals surface area (Å²) in [6.07, 6.45) is 0. The number of tetrazole rings is 1. The maximum atomic E-state index is 13.5. The van der Waals surface area contributed by atoms with Crippen molar-refractivity contribution in [1.82, 2.24) is 20.2 Å². The molecule has 0 atom stereocenters. The first-order valence-corrected chi connectivity index (χ1v) is 6.54. The standard InChI is InChI=1S/C13H9BrFN5/c14-11-3-1-2-4-12(11)20-13(17-18-19-20)8-5-9(15)7-10(16)6-8/h1-7H,16H2. The molecule has 0 aliphatic heterocycles. The molecule has 5 nitrogen and oxygen atoms in total. The Hall–Kier alpha value is -2.28. The van der Waals surface area contributed by atoms with Crippen LogP contribution in [-0.2, 0) is 0 Å². The summed E-state index contributed by atoms with van der Waals surface area (Å²) < 4.78 is 15.8. The minimum absolute atomic E-state index is 0.321. The fourth-order valence-corrected chi connectivity index (χ4v) is 2.35. The summed E-state index contributed by atoms with van der Waals surface area (Å²) >= 11 is 3.44. The molecule has 2 aromatic carbocycles. The van der Waals surface area contributed by atoms with Crippen molar-refractivity contribution in [3.63, 3.8) is 0 Å². The molecule has 0 radical (unpaired) electrons. The van der Waals surface area contributed by atoms with Gasteiger partial charge in [0.1, 0.15) is 5.82 Å². The molecule has 0 bridgehead atoms. The Morgan fingerprint density at radius 2 is 1.95 bits per heavy atom. The van der Waals surface area contributed by atoms with Crippen LogP contribution in [0.3, 0.4) is 0 Å². The lowest BCUT2D eigenvalue weighted by atomic mass is 10.2. The topological polar surface area (TPSA) is 69.6 Å². The maximum Gasteiger partial charge on any atom is 0.187 e. The van der Waals surface area contributed by atoms with Gasteiger partial charge < -0.3 is 5.73 Å². The molecular formula is C13H9BrFN5. The Morgan fingerprint density at radius 1 is 1.15 bits per heavy atom. The zero-order valence-corrected chi connectivity index (χ0v) is 11.7. The molecule has 0 aliphatic carbocycles. The second-order valence-corrected chi connectivity index (χ2v) is 4.99. The molecule has 0 unspecified atom stereocenters. The van der Waals surface area contributed by atoms with Crippen LogP contribution in [0, 0.1) is 5.82 Å². The quantitative estimate of drug-likeness (QED) is 0.732. The number of halogens is 2. The molecule has 2 N–H and O–H groups in total. The highest BCUT2D eigenvalue weighted by Gasteiger charge is 2.14. The highest BCUT2D eigenvalue weighted by Crippen LogP contribution is 2.26. The van der Waals surface area contributed by atoms with Gasteiger partial charge in [0.15, 0.2) is 5.82 Å². The van der Waals surface area contributed by atoms with E-state index in [0.717, 1.165) is 10.2 Å². The van der Waals surface area contributed by atoms with Crippen molar-refractivity contribution in [2.75, 3.05) is 5.73 Å². The van der Waals surface area contributed by atoms with Crippen molar-refractivity contribution >= 4 is 21.6 Å². The van der Waals surface area contributed by atoms with Crippen molar-refractivity contribution < 1.29 is 4.39 Å². The monoisotopic (exact) mass is 333 g/mol. The van der Waals surface area contributed by atoms with Gasteiger partial charge in [0.05, 0.1) is 5.69 Å². The van der Waals surface area contributed by atoms with Crippen LogP contribution in [0.2, 0.25) is 0 Å². The zero-order valence-electron chi connectivity index (χ0n) is 10.2. The number of nitrogens with two attached hydrogens (primary N) is 1. The Labute approximate surface area is 122 Å². The van der Waals surface area contributed by atoms with E-state index in [4.69, 9.17) is 5.73 Å². The minimum Gasteiger partial charge on any atom is -0.399 e. The number of para-hydroxylation sites is 1. The predicted octanol–water partition coefficient (Wildman–Crippen LogP) is 2.81. The third kappa shape index (κ3) is 2.27. The van der Waals surface area contributed by atoms with Crippen LogP contribution in [0.25, 0.3) is 17.1 Å². The SMILES string of the molecule is Nc1cc(F)cc(-c2nnnn2-c2ccccc2Br)c1. The first kappa shape index (κ1) is 12.7. The number of nitrogen functional groups attached to an aromatic ring is 1. The van der Waals surface area contributed by atoms with E-state index in [2.05, 4.69) is 31.5 Å². The molecule has 0 amide bonds. The van der Waals surface area contributed by atoms with Gasteiger partial charge in [-0.2, -0.15) is 4.68 Å². The van der Waals surface area contributed by atoms with Gasteiger partial charge in [-0.1, -0.05) is 12.1 Å². The lowest BCUT2D eigenvalue weighted by Gasteiger charge is -2.07. The van der Waals surface area contributed by atoms with Gasteiger partial charge in [-0.15, -0.1) is 5.10 Å². The van der Waals surface area contributed by atoms with Crippen LogP contribution in [0.4, 0.5) is 10.1 Å². The van der Waals surface area contributed by atoms with E-state index < -0.39 is 5.82 Å². The maximum absolute atomic E-state index is 13.5. The summed E-state index contributed by atoms with van der Waals surface area (Å²) in [5, 5.41) is 11.5. The summed E-state index contributed by atoms with van der Waals surface area (Å²) in [5.74, 6) is -0.00947. The van der Waals surface area contributed by atoms with Gasteiger partial charge in [-0.3, -0.25) is 0 Å². The number of nitrogens with zero attached hydrogens (tertiary/aromatic N) is 4. The number of benzene rings is 2. The first-order valence-electron chi connectivity index (χ1n) is 5.75. The second kappa shape index (κ2) is 5.01. The Kier molecular flexibility index (Phi) is 3.19. The third-order valence-corrected chi connectivity index (χ3v) is 3.40. The number of hydrogen-bond donors (Lipinski definition) is 1. The van der Waals surface area contributed by atoms with Crippen LogP contribution >= 0.6 is 15.9 Å². The molecule has 0 spiro atoms. The third-order valence-electron chi connectivity index (χ3n) is 2.73. The zero-order chi connectivity index (χ0) is 14.1. The largest absolute Gasteiger partial charge is 0.399 e. The summed E-state index contributed by atoms with van der Waals surface area (Å²) in [6, 6.07) is 11.7. The van der Waals surface area contributed by atoms with E-state index in [1.165, 1.54) is 16.8 Å². The molecule has 0 saturated heterocycles. The molecule has 1 aromatic heterocycles. The molecule has 3 rings (SSSR count). The van der Waals surface area contributed by atoms with Gasteiger partial charge in [0.25, 0.3) is 0 Å². The lowest BCUT2D eigenvalue weighted by Crippen LogP contribution is -2.01. The Balaban J connectivity index is 2.18. The summed E-state index contributed by atoms with van der Waals surface area (Å²) in [6.45, 7) is 0. The molecule has 0 fully saturated rings. The van der Waals surface area contributed by atoms with E-state index in [-0.39, 0.29) is 0 Å². The Bertz CT molecular complexity index is 751. The van der Waals surface area contributed by atoms with Gasteiger partial charge in [0.2, 0.25) is 0 Å². The van der Waals surface area contributed by atoms with Crippen LogP contribution in [0.5, 0.6) is 0 Å². The average molecular weight is 334 g/mol. The predicted molar refractivity (Wildman–Crippen MR) is 76.7 cm³/mol. The normalized spacial score (nSPS) is 10.7. The number of aromatic nitrogens is 4. The second-order valence-electron chi connectivity index (χ2n) is 4.14. The molecule has 20 heavy (non-hydrogen) atoms. The van der Waals surface area contributed by atoms with Crippen molar-refractivity contribution in [3.05, 3.63) is 52.8 Å². The van der Waals surface area contributed by atoms with Crippen molar-refractivity contribution in [2.45, 2.75) is 0 Å².